The van der Waals surface area contributed by atoms with E-state index in [2.05, 4.69) is 4.98 Å². The molecule has 1 aromatic carbocycles. The van der Waals surface area contributed by atoms with E-state index in [1.165, 1.54) is 6.07 Å². The third-order valence-electron chi connectivity index (χ3n) is 2.26. The molecule has 1 atom stereocenters. The summed E-state index contributed by atoms with van der Waals surface area (Å²) in [4.78, 5) is 3.65. The predicted molar refractivity (Wildman–Crippen MR) is 59.7 cm³/mol. The second-order valence-electron chi connectivity index (χ2n) is 3.47. The summed E-state index contributed by atoms with van der Waals surface area (Å²) in [5.74, 6) is -0.228. The van der Waals surface area contributed by atoms with Crippen molar-refractivity contribution in [3.8, 4) is 5.88 Å². The van der Waals surface area contributed by atoms with Gasteiger partial charge >= 0.3 is 0 Å². The Kier molecular flexibility index (Phi) is 3.15. The van der Waals surface area contributed by atoms with Gasteiger partial charge < -0.3 is 4.74 Å². The minimum Gasteiger partial charge on any atom is -0.470 e. The van der Waals surface area contributed by atoms with Gasteiger partial charge in [0.05, 0.1) is 0 Å². The van der Waals surface area contributed by atoms with Crippen LogP contribution in [-0.4, -0.2) is 4.98 Å². The molecule has 0 aliphatic heterocycles. The summed E-state index contributed by atoms with van der Waals surface area (Å²) in [6, 6.07) is 14.3. The average Bonchev–Trinajstić information content (AvgIpc) is 2.30. The second kappa shape index (κ2) is 4.75. The first-order valence-corrected chi connectivity index (χ1v) is 5.10. The Morgan fingerprint density at radius 1 is 1.06 bits per heavy atom. The lowest BCUT2D eigenvalue weighted by Gasteiger charge is -2.13. The van der Waals surface area contributed by atoms with Gasteiger partial charge in [-0.2, -0.15) is 9.37 Å². The van der Waals surface area contributed by atoms with Gasteiger partial charge in [0.1, 0.15) is 6.10 Å². The molecule has 3 heteroatoms. The minimum atomic E-state index is -0.530. The van der Waals surface area contributed by atoms with Crippen LogP contribution in [0, 0.1) is 5.95 Å². The molecular formula is C13H12FNO. The first-order valence-electron chi connectivity index (χ1n) is 5.10. The van der Waals surface area contributed by atoms with Crippen molar-refractivity contribution in [2.24, 2.45) is 0 Å². The van der Waals surface area contributed by atoms with Crippen LogP contribution >= 0.6 is 0 Å². The lowest BCUT2D eigenvalue weighted by Crippen LogP contribution is -2.04. The fraction of sp³-hybridized carbons (Fsp3) is 0.154. The number of pyridine rings is 1. The fourth-order valence-electron chi connectivity index (χ4n) is 1.43. The number of ether oxygens (including phenoxy) is 1. The summed E-state index contributed by atoms with van der Waals surface area (Å²) in [6.45, 7) is 1.90. The molecule has 2 aromatic rings. The van der Waals surface area contributed by atoms with Crippen molar-refractivity contribution in [3.05, 3.63) is 60.0 Å². The molecule has 0 aliphatic rings. The summed E-state index contributed by atoms with van der Waals surface area (Å²) in [5.41, 5.74) is 1.04. The van der Waals surface area contributed by atoms with Crippen molar-refractivity contribution in [3.63, 3.8) is 0 Å². The Labute approximate surface area is 93.7 Å². The molecule has 2 rings (SSSR count). The molecule has 0 N–H and O–H groups in total. The van der Waals surface area contributed by atoms with Gasteiger partial charge in [-0.3, -0.25) is 0 Å². The number of hydrogen-bond acceptors (Lipinski definition) is 2. The first kappa shape index (κ1) is 10.6. The minimum absolute atomic E-state index is 0.143. The van der Waals surface area contributed by atoms with Crippen molar-refractivity contribution in [2.75, 3.05) is 0 Å². The Hall–Kier alpha value is -1.90. The van der Waals surface area contributed by atoms with Crippen LogP contribution in [0.1, 0.15) is 18.6 Å². The number of benzene rings is 1. The molecular weight excluding hydrogens is 205 g/mol. The molecule has 2 nitrogen and oxygen atoms in total. The van der Waals surface area contributed by atoms with Crippen molar-refractivity contribution in [1.82, 2.24) is 4.98 Å². The van der Waals surface area contributed by atoms with Gasteiger partial charge in [0.15, 0.2) is 0 Å². The van der Waals surface area contributed by atoms with E-state index in [0.29, 0.717) is 5.88 Å². The molecule has 0 amide bonds. The van der Waals surface area contributed by atoms with Crippen LogP contribution in [0.15, 0.2) is 48.5 Å². The number of halogens is 1. The summed E-state index contributed by atoms with van der Waals surface area (Å²) in [6.07, 6.45) is -0.143. The SMILES string of the molecule is CC(Oc1cccc(F)n1)c1ccccc1. The van der Waals surface area contributed by atoms with Gasteiger partial charge in [-0.25, -0.2) is 0 Å². The number of rotatable bonds is 3. The molecule has 82 valence electrons. The van der Waals surface area contributed by atoms with Crippen molar-refractivity contribution in [2.45, 2.75) is 13.0 Å². The highest BCUT2D eigenvalue weighted by Crippen LogP contribution is 2.19. The largest absolute Gasteiger partial charge is 0.470 e. The van der Waals surface area contributed by atoms with E-state index < -0.39 is 5.95 Å². The molecule has 1 aromatic heterocycles. The molecule has 0 radical (unpaired) electrons. The van der Waals surface area contributed by atoms with E-state index in [-0.39, 0.29) is 6.10 Å². The van der Waals surface area contributed by atoms with Gasteiger partial charge in [-0.05, 0) is 18.6 Å². The molecule has 16 heavy (non-hydrogen) atoms. The third-order valence-corrected chi connectivity index (χ3v) is 2.26. The van der Waals surface area contributed by atoms with Gasteiger partial charge in [-0.1, -0.05) is 36.4 Å². The maximum Gasteiger partial charge on any atom is 0.216 e. The highest BCUT2D eigenvalue weighted by molar-refractivity contribution is 5.19. The highest BCUT2D eigenvalue weighted by Gasteiger charge is 2.07. The molecule has 0 saturated heterocycles. The van der Waals surface area contributed by atoms with Gasteiger partial charge in [0, 0.05) is 6.07 Å². The zero-order valence-corrected chi connectivity index (χ0v) is 8.93. The molecule has 1 unspecified atom stereocenters. The molecule has 0 aliphatic carbocycles. The smallest absolute Gasteiger partial charge is 0.216 e. The average molecular weight is 217 g/mol. The first-order chi connectivity index (χ1) is 7.75. The maximum absolute atomic E-state index is 12.8. The van der Waals surface area contributed by atoms with Gasteiger partial charge in [0.2, 0.25) is 11.8 Å². The number of aromatic nitrogens is 1. The topological polar surface area (TPSA) is 22.1 Å². The summed E-state index contributed by atoms with van der Waals surface area (Å²) in [7, 11) is 0. The third kappa shape index (κ3) is 2.57. The van der Waals surface area contributed by atoms with Gasteiger partial charge in [-0.15, -0.1) is 0 Å². The van der Waals surface area contributed by atoms with Crippen LogP contribution in [0.2, 0.25) is 0 Å². The van der Waals surface area contributed by atoms with Crippen molar-refractivity contribution < 1.29 is 9.13 Å². The lowest BCUT2D eigenvalue weighted by molar-refractivity contribution is 0.214. The van der Waals surface area contributed by atoms with Crippen LogP contribution in [0.5, 0.6) is 5.88 Å². The summed E-state index contributed by atoms with van der Waals surface area (Å²) >= 11 is 0. The van der Waals surface area contributed by atoms with E-state index in [4.69, 9.17) is 4.74 Å². The Morgan fingerprint density at radius 2 is 1.81 bits per heavy atom. The van der Waals surface area contributed by atoms with E-state index in [1.54, 1.807) is 12.1 Å². The normalized spacial score (nSPS) is 12.1. The molecule has 0 fully saturated rings. The molecule has 0 spiro atoms. The quantitative estimate of drug-likeness (QED) is 0.735. The van der Waals surface area contributed by atoms with Crippen molar-refractivity contribution >= 4 is 0 Å². The van der Waals surface area contributed by atoms with Crippen LogP contribution in [0.25, 0.3) is 0 Å². The fourth-order valence-corrected chi connectivity index (χ4v) is 1.43. The standard InChI is InChI=1S/C13H12FNO/c1-10(11-6-3-2-4-7-11)16-13-9-5-8-12(14)15-13/h2-10H,1H3. The number of nitrogens with zero attached hydrogens (tertiary/aromatic N) is 1. The summed E-state index contributed by atoms with van der Waals surface area (Å²) in [5, 5.41) is 0. The Balaban J connectivity index is 2.11. The zero-order valence-electron chi connectivity index (χ0n) is 8.93. The highest BCUT2D eigenvalue weighted by atomic mass is 19.1. The molecule has 0 bridgehead atoms. The van der Waals surface area contributed by atoms with Crippen LogP contribution < -0.4 is 4.74 Å². The monoisotopic (exact) mass is 217 g/mol. The van der Waals surface area contributed by atoms with Crippen LogP contribution in [-0.2, 0) is 0 Å². The van der Waals surface area contributed by atoms with Crippen LogP contribution in [0.3, 0.4) is 0 Å². The number of hydrogen-bond donors (Lipinski definition) is 0. The van der Waals surface area contributed by atoms with E-state index >= 15 is 0 Å². The Morgan fingerprint density at radius 3 is 2.50 bits per heavy atom. The molecule has 1 heterocycles. The summed E-state index contributed by atoms with van der Waals surface area (Å²) < 4.78 is 18.4. The van der Waals surface area contributed by atoms with E-state index in [9.17, 15) is 4.39 Å². The maximum atomic E-state index is 12.8. The lowest BCUT2D eigenvalue weighted by atomic mass is 10.1. The second-order valence-corrected chi connectivity index (χ2v) is 3.47. The van der Waals surface area contributed by atoms with E-state index in [0.717, 1.165) is 5.56 Å². The Bertz CT molecular complexity index is 458. The molecule has 0 saturated carbocycles. The van der Waals surface area contributed by atoms with Crippen LogP contribution in [0.4, 0.5) is 4.39 Å². The zero-order chi connectivity index (χ0) is 11.4. The predicted octanol–water partition coefficient (Wildman–Crippen LogP) is 3.36. The van der Waals surface area contributed by atoms with E-state index in [1.807, 2.05) is 37.3 Å². The van der Waals surface area contributed by atoms with Gasteiger partial charge in [0.25, 0.3) is 0 Å². The van der Waals surface area contributed by atoms with Crippen molar-refractivity contribution in [1.29, 1.82) is 0 Å².